The van der Waals surface area contributed by atoms with Crippen LogP contribution in [0.3, 0.4) is 0 Å². The summed E-state index contributed by atoms with van der Waals surface area (Å²) in [6.07, 6.45) is 1.61. The molecule has 0 bridgehead atoms. The quantitative estimate of drug-likeness (QED) is 0.702. The van der Waals surface area contributed by atoms with Gasteiger partial charge in [0.1, 0.15) is 17.3 Å². The van der Waals surface area contributed by atoms with Crippen LogP contribution in [0.1, 0.15) is 12.7 Å². The van der Waals surface area contributed by atoms with Gasteiger partial charge in [-0.15, -0.1) is 0 Å². The highest BCUT2D eigenvalue weighted by molar-refractivity contribution is 5.89. The molecule has 0 aliphatic rings. The first kappa shape index (κ1) is 15.7. The molecule has 1 heterocycles. The molecule has 24 heavy (non-hydrogen) atoms. The number of aliphatic imine (C=N–C) groups is 1. The third-order valence-corrected chi connectivity index (χ3v) is 3.28. The van der Waals surface area contributed by atoms with E-state index in [2.05, 4.69) is 10.3 Å². The summed E-state index contributed by atoms with van der Waals surface area (Å²) in [6, 6.07) is 16.9. The van der Waals surface area contributed by atoms with E-state index in [0.29, 0.717) is 11.5 Å². The average Bonchev–Trinajstić information content (AvgIpc) is 3.03. The van der Waals surface area contributed by atoms with Crippen molar-refractivity contribution >= 4 is 23.5 Å². The number of hydrogen-bond donors (Lipinski definition) is 1. The fraction of sp³-hybridized carbons (Fsp3) is 0.0526. The van der Waals surface area contributed by atoms with Crippen molar-refractivity contribution in [3.63, 3.8) is 0 Å². The van der Waals surface area contributed by atoms with E-state index < -0.39 is 0 Å². The van der Waals surface area contributed by atoms with Gasteiger partial charge in [0.15, 0.2) is 0 Å². The number of halogens is 1. The van der Waals surface area contributed by atoms with Gasteiger partial charge in [0, 0.05) is 18.2 Å². The van der Waals surface area contributed by atoms with Gasteiger partial charge in [0.05, 0.1) is 11.9 Å². The molecule has 5 heteroatoms. The molecule has 0 atom stereocenters. The SMILES string of the molecule is CC(=O)Nc1ccc(N=Cc2ccc(-c3ccc(F)cc3)o2)cc1. The maximum absolute atomic E-state index is 12.9. The lowest BCUT2D eigenvalue weighted by Crippen LogP contribution is -2.04. The Labute approximate surface area is 138 Å². The van der Waals surface area contributed by atoms with Crippen molar-refractivity contribution in [2.24, 2.45) is 4.99 Å². The number of nitrogens with one attached hydrogen (secondary N) is 1. The first-order chi connectivity index (χ1) is 11.6. The van der Waals surface area contributed by atoms with Crippen molar-refractivity contribution in [1.82, 2.24) is 0 Å². The van der Waals surface area contributed by atoms with Gasteiger partial charge in [-0.1, -0.05) is 0 Å². The van der Waals surface area contributed by atoms with Crippen LogP contribution in [-0.2, 0) is 4.79 Å². The molecule has 1 amide bonds. The molecular weight excluding hydrogens is 307 g/mol. The molecule has 0 aliphatic carbocycles. The second-order valence-electron chi connectivity index (χ2n) is 5.20. The normalized spacial score (nSPS) is 10.9. The summed E-state index contributed by atoms with van der Waals surface area (Å²) in [7, 11) is 0. The molecule has 1 aromatic heterocycles. The second-order valence-corrected chi connectivity index (χ2v) is 5.20. The topological polar surface area (TPSA) is 54.6 Å². The Bertz CT molecular complexity index is 865. The molecule has 3 rings (SSSR count). The van der Waals surface area contributed by atoms with E-state index in [0.717, 1.165) is 16.9 Å². The maximum Gasteiger partial charge on any atom is 0.221 e. The van der Waals surface area contributed by atoms with Gasteiger partial charge in [-0.3, -0.25) is 9.79 Å². The summed E-state index contributed by atoms with van der Waals surface area (Å²) in [5, 5.41) is 2.70. The van der Waals surface area contributed by atoms with Gasteiger partial charge in [-0.05, 0) is 60.7 Å². The molecule has 0 spiro atoms. The predicted octanol–water partition coefficient (Wildman–Crippen LogP) is 4.79. The van der Waals surface area contributed by atoms with Crippen molar-refractivity contribution in [3.05, 3.63) is 72.2 Å². The van der Waals surface area contributed by atoms with E-state index >= 15 is 0 Å². The molecule has 2 aromatic carbocycles. The second kappa shape index (κ2) is 6.91. The largest absolute Gasteiger partial charge is 0.455 e. The minimum Gasteiger partial charge on any atom is -0.455 e. The minimum atomic E-state index is -0.283. The zero-order chi connectivity index (χ0) is 16.9. The van der Waals surface area contributed by atoms with Crippen LogP contribution in [0.5, 0.6) is 0 Å². The molecule has 0 saturated heterocycles. The minimum absolute atomic E-state index is 0.116. The van der Waals surface area contributed by atoms with Gasteiger partial charge < -0.3 is 9.73 Å². The van der Waals surface area contributed by atoms with Gasteiger partial charge in [0.2, 0.25) is 5.91 Å². The van der Waals surface area contributed by atoms with E-state index in [1.807, 2.05) is 6.07 Å². The van der Waals surface area contributed by atoms with Crippen LogP contribution in [-0.4, -0.2) is 12.1 Å². The standard InChI is InChI=1S/C19H15FN2O2/c1-13(23)22-17-8-6-16(7-9-17)21-12-18-10-11-19(24-18)14-2-4-15(20)5-3-14/h2-12H,1H3,(H,22,23). The summed E-state index contributed by atoms with van der Waals surface area (Å²) in [6.45, 7) is 1.46. The lowest BCUT2D eigenvalue weighted by molar-refractivity contribution is -0.114. The van der Waals surface area contributed by atoms with E-state index in [9.17, 15) is 9.18 Å². The Morgan fingerprint density at radius 1 is 1.04 bits per heavy atom. The summed E-state index contributed by atoms with van der Waals surface area (Å²) in [4.78, 5) is 15.3. The van der Waals surface area contributed by atoms with Crippen molar-refractivity contribution in [3.8, 4) is 11.3 Å². The monoisotopic (exact) mass is 322 g/mol. The first-order valence-corrected chi connectivity index (χ1v) is 7.38. The molecular formula is C19H15FN2O2. The van der Waals surface area contributed by atoms with E-state index in [-0.39, 0.29) is 11.7 Å². The summed E-state index contributed by atoms with van der Waals surface area (Å²) >= 11 is 0. The first-order valence-electron chi connectivity index (χ1n) is 7.38. The van der Waals surface area contributed by atoms with Gasteiger partial charge in [0.25, 0.3) is 0 Å². The molecule has 4 nitrogen and oxygen atoms in total. The fourth-order valence-electron chi connectivity index (χ4n) is 2.16. The zero-order valence-electron chi connectivity index (χ0n) is 13.0. The van der Waals surface area contributed by atoms with Crippen molar-refractivity contribution < 1.29 is 13.6 Å². The molecule has 0 saturated carbocycles. The Morgan fingerprint density at radius 2 is 1.75 bits per heavy atom. The molecule has 0 unspecified atom stereocenters. The van der Waals surface area contributed by atoms with E-state index in [4.69, 9.17) is 4.42 Å². The number of hydrogen-bond acceptors (Lipinski definition) is 3. The number of benzene rings is 2. The highest BCUT2D eigenvalue weighted by atomic mass is 19.1. The molecule has 1 N–H and O–H groups in total. The number of carbonyl (C=O) groups excluding carboxylic acids is 1. The maximum atomic E-state index is 12.9. The van der Waals surface area contributed by atoms with Crippen LogP contribution in [0, 0.1) is 5.82 Å². The average molecular weight is 322 g/mol. The number of carbonyl (C=O) groups is 1. The number of nitrogens with zero attached hydrogens (tertiary/aromatic N) is 1. The summed E-state index contributed by atoms with van der Waals surface area (Å²) in [5.41, 5.74) is 2.26. The van der Waals surface area contributed by atoms with Crippen LogP contribution in [0.25, 0.3) is 11.3 Å². The predicted molar refractivity (Wildman–Crippen MR) is 92.1 cm³/mol. The van der Waals surface area contributed by atoms with Gasteiger partial charge in [-0.2, -0.15) is 0 Å². The van der Waals surface area contributed by atoms with Crippen LogP contribution < -0.4 is 5.32 Å². The fourth-order valence-corrected chi connectivity index (χ4v) is 2.16. The van der Waals surface area contributed by atoms with Gasteiger partial charge >= 0.3 is 0 Å². The van der Waals surface area contributed by atoms with Gasteiger partial charge in [-0.25, -0.2) is 4.39 Å². The summed E-state index contributed by atoms with van der Waals surface area (Å²) in [5.74, 6) is 0.850. The number of amides is 1. The van der Waals surface area contributed by atoms with Crippen LogP contribution >= 0.6 is 0 Å². The molecule has 0 aliphatic heterocycles. The Kier molecular flexibility index (Phi) is 4.52. The highest BCUT2D eigenvalue weighted by Crippen LogP contribution is 2.22. The van der Waals surface area contributed by atoms with Crippen LogP contribution in [0.2, 0.25) is 0 Å². The Balaban J connectivity index is 1.71. The number of rotatable bonds is 4. The number of furan rings is 1. The third-order valence-electron chi connectivity index (χ3n) is 3.28. The van der Waals surface area contributed by atoms with Crippen molar-refractivity contribution in [2.75, 3.05) is 5.32 Å². The molecule has 0 radical (unpaired) electrons. The van der Waals surface area contributed by atoms with Crippen molar-refractivity contribution in [1.29, 1.82) is 0 Å². The molecule has 3 aromatic rings. The Hall–Kier alpha value is -3.21. The zero-order valence-corrected chi connectivity index (χ0v) is 13.0. The number of anilines is 1. The van der Waals surface area contributed by atoms with Crippen LogP contribution in [0.15, 0.2) is 70.1 Å². The molecule has 120 valence electrons. The molecule has 0 fully saturated rings. The highest BCUT2D eigenvalue weighted by Gasteiger charge is 2.03. The van der Waals surface area contributed by atoms with E-state index in [1.165, 1.54) is 19.1 Å². The lowest BCUT2D eigenvalue weighted by Gasteiger charge is -2.01. The summed E-state index contributed by atoms with van der Waals surface area (Å²) < 4.78 is 18.6. The van der Waals surface area contributed by atoms with E-state index in [1.54, 1.807) is 48.7 Å². The van der Waals surface area contributed by atoms with Crippen LogP contribution in [0.4, 0.5) is 15.8 Å². The smallest absolute Gasteiger partial charge is 0.221 e. The van der Waals surface area contributed by atoms with Crippen molar-refractivity contribution in [2.45, 2.75) is 6.92 Å². The third kappa shape index (κ3) is 3.95. The Morgan fingerprint density at radius 3 is 2.42 bits per heavy atom. The lowest BCUT2D eigenvalue weighted by atomic mass is 10.2.